The number of likely N-dealkylation sites (N-methyl/N-ethyl adjacent to an activating group) is 1. The molecule has 0 aliphatic carbocycles. The maximum Gasteiger partial charge on any atom is 0.258 e. The van der Waals surface area contributed by atoms with Crippen molar-refractivity contribution in [2.24, 2.45) is 0 Å². The summed E-state index contributed by atoms with van der Waals surface area (Å²) in [5.41, 5.74) is 1.98. The van der Waals surface area contributed by atoms with Crippen LogP contribution in [0.15, 0.2) is 77.6 Å². The van der Waals surface area contributed by atoms with Crippen LogP contribution in [0.3, 0.4) is 0 Å². The van der Waals surface area contributed by atoms with Crippen molar-refractivity contribution in [1.29, 1.82) is 0 Å². The standard InChI is InChI=1S/C26H25N5O4/c1-31(15-23-28-20-8-4-3-7-19(20)26(34)30-23)16-24(32)27-18-13-11-17(12-14-18)25(33)29-21-9-5-6-10-22(21)35-2/h3-14H,15-16H2,1-2H3,(H,27,32)(H,29,33)(H,28,30,34). The normalized spacial score (nSPS) is 10.8. The lowest BCUT2D eigenvalue weighted by atomic mass is 10.2. The first-order chi connectivity index (χ1) is 16.9. The average molecular weight is 472 g/mol. The monoisotopic (exact) mass is 471 g/mol. The maximum absolute atomic E-state index is 12.5. The summed E-state index contributed by atoms with van der Waals surface area (Å²) < 4.78 is 5.25. The molecule has 0 saturated carbocycles. The van der Waals surface area contributed by atoms with Crippen LogP contribution in [0.1, 0.15) is 16.2 Å². The van der Waals surface area contributed by atoms with Gasteiger partial charge in [0.15, 0.2) is 0 Å². The molecule has 0 atom stereocenters. The number of ether oxygens (including phenoxy) is 1. The first kappa shape index (κ1) is 23.7. The number of aromatic amines is 1. The van der Waals surface area contributed by atoms with E-state index in [-0.39, 0.29) is 23.9 Å². The van der Waals surface area contributed by atoms with Gasteiger partial charge in [0.25, 0.3) is 11.5 Å². The van der Waals surface area contributed by atoms with E-state index in [4.69, 9.17) is 4.74 Å². The lowest BCUT2D eigenvalue weighted by Crippen LogP contribution is -2.31. The predicted octanol–water partition coefficient (Wildman–Crippen LogP) is 3.25. The number of hydrogen-bond donors (Lipinski definition) is 3. The lowest BCUT2D eigenvalue weighted by Gasteiger charge is -2.16. The highest BCUT2D eigenvalue weighted by Gasteiger charge is 2.12. The fourth-order valence-corrected chi connectivity index (χ4v) is 3.61. The molecular formula is C26H25N5O4. The van der Waals surface area contributed by atoms with Crippen molar-refractivity contribution in [3.63, 3.8) is 0 Å². The van der Waals surface area contributed by atoms with Crippen molar-refractivity contribution in [3.8, 4) is 5.75 Å². The second-order valence-corrected chi connectivity index (χ2v) is 7.98. The van der Waals surface area contributed by atoms with Crippen LogP contribution >= 0.6 is 0 Å². The molecule has 0 saturated heterocycles. The van der Waals surface area contributed by atoms with E-state index in [1.165, 1.54) is 7.11 Å². The number of methoxy groups -OCH3 is 1. The zero-order valence-corrected chi connectivity index (χ0v) is 19.4. The Bertz CT molecular complexity index is 1420. The predicted molar refractivity (Wildman–Crippen MR) is 135 cm³/mol. The van der Waals surface area contributed by atoms with E-state index in [0.717, 1.165) is 0 Å². The molecule has 0 aliphatic heterocycles. The van der Waals surface area contributed by atoms with Gasteiger partial charge in [0.1, 0.15) is 11.6 Å². The van der Waals surface area contributed by atoms with Crippen LogP contribution in [-0.4, -0.2) is 47.4 Å². The van der Waals surface area contributed by atoms with Gasteiger partial charge in [0.2, 0.25) is 5.91 Å². The number of anilines is 2. The summed E-state index contributed by atoms with van der Waals surface area (Å²) in [6.07, 6.45) is 0. The van der Waals surface area contributed by atoms with E-state index < -0.39 is 0 Å². The number of nitrogens with zero attached hydrogens (tertiary/aromatic N) is 2. The molecule has 4 rings (SSSR count). The van der Waals surface area contributed by atoms with E-state index in [0.29, 0.717) is 46.0 Å². The molecule has 4 aromatic rings. The van der Waals surface area contributed by atoms with Crippen molar-refractivity contribution in [2.45, 2.75) is 6.54 Å². The van der Waals surface area contributed by atoms with Crippen LogP contribution in [0.4, 0.5) is 11.4 Å². The SMILES string of the molecule is COc1ccccc1NC(=O)c1ccc(NC(=O)CN(C)Cc2nc3ccccc3c(=O)[nH]2)cc1. The minimum atomic E-state index is -0.288. The zero-order chi connectivity index (χ0) is 24.8. The van der Waals surface area contributed by atoms with Gasteiger partial charge in [-0.1, -0.05) is 24.3 Å². The van der Waals surface area contributed by atoms with Crippen molar-refractivity contribution >= 4 is 34.1 Å². The highest BCUT2D eigenvalue weighted by molar-refractivity contribution is 6.05. The number of aromatic nitrogens is 2. The van der Waals surface area contributed by atoms with E-state index >= 15 is 0 Å². The largest absolute Gasteiger partial charge is 0.495 e. The minimum Gasteiger partial charge on any atom is -0.495 e. The van der Waals surface area contributed by atoms with Gasteiger partial charge >= 0.3 is 0 Å². The summed E-state index contributed by atoms with van der Waals surface area (Å²) in [6, 6.07) is 20.8. The van der Waals surface area contributed by atoms with Gasteiger partial charge in [-0.3, -0.25) is 19.3 Å². The number of para-hydroxylation sites is 3. The molecule has 9 heteroatoms. The summed E-state index contributed by atoms with van der Waals surface area (Å²) in [4.78, 5) is 46.2. The van der Waals surface area contributed by atoms with Crippen molar-refractivity contribution in [2.75, 3.05) is 31.3 Å². The van der Waals surface area contributed by atoms with Gasteiger partial charge in [-0.2, -0.15) is 0 Å². The Labute approximate surface area is 201 Å². The van der Waals surface area contributed by atoms with Gasteiger partial charge < -0.3 is 20.4 Å². The fraction of sp³-hybridized carbons (Fsp3) is 0.154. The Balaban J connectivity index is 1.32. The molecule has 0 bridgehead atoms. The first-order valence-corrected chi connectivity index (χ1v) is 10.9. The number of carbonyl (C=O) groups excluding carboxylic acids is 2. The summed E-state index contributed by atoms with van der Waals surface area (Å²) in [6.45, 7) is 0.391. The third-order valence-electron chi connectivity index (χ3n) is 5.28. The second-order valence-electron chi connectivity index (χ2n) is 7.98. The Morgan fingerprint density at radius 1 is 0.971 bits per heavy atom. The molecule has 1 heterocycles. The Kier molecular flexibility index (Phi) is 7.18. The summed E-state index contributed by atoms with van der Waals surface area (Å²) in [5, 5.41) is 6.15. The van der Waals surface area contributed by atoms with Crippen LogP contribution in [0.25, 0.3) is 10.9 Å². The number of fused-ring (bicyclic) bond motifs is 1. The number of carbonyl (C=O) groups is 2. The molecule has 2 amide bonds. The molecule has 3 aromatic carbocycles. The molecule has 0 spiro atoms. The summed E-state index contributed by atoms with van der Waals surface area (Å²) in [5.74, 6) is 0.525. The molecule has 35 heavy (non-hydrogen) atoms. The number of benzene rings is 3. The van der Waals surface area contributed by atoms with Gasteiger partial charge in [-0.15, -0.1) is 0 Å². The Hall–Kier alpha value is -4.50. The van der Waals surface area contributed by atoms with E-state index in [9.17, 15) is 14.4 Å². The highest BCUT2D eigenvalue weighted by Crippen LogP contribution is 2.24. The third-order valence-corrected chi connectivity index (χ3v) is 5.28. The number of H-pyrrole nitrogens is 1. The van der Waals surface area contributed by atoms with E-state index in [1.54, 1.807) is 66.5 Å². The average Bonchev–Trinajstić information content (AvgIpc) is 2.84. The van der Waals surface area contributed by atoms with E-state index in [1.807, 2.05) is 18.2 Å². The van der Waals surface area contributed by atoms with Gasteiger partial charge in [-0.05, 0) is 55.6 Å². The Morgan fingerprint density at radius 3 is 2.46 bits per heavy atom. The molecule has 0 aliphatic rings. The molecule has 1 aromatic heterocycles. The Morgan fingerprint density at radius 2 is 1.69 bits per heavy atom. The third kappa shape index (κ3) is 5.90. The smallest absolute Gasteiger partial charge is 0.258 e. The van der Waals surface area contributed by atoms with Crippen molar-refractivity contribution in [1.82, 2.24) is 14.9 Å². The lowest BCUT2D eigenvalue weighted by molar-refractivity contribution is -0.117. The molecule has 9 nitrogen and oxygen atoms in total. The van der Waals surface area contributed by atoms with Crippen LogP contribution in [0.5, 0.6) is 5.75 Å². The highest BCUT2D eigenvalue weighted by atomic mass is 16.5. The maximum atomic E-state index is 12.5. The van der Waals surface area contributed by atoms with Gasteiger partial charge in [0, 0.05) is 11.3 Å². The second kappa shape index (κ2) is 10.6. The molecule has 0 unspecified atom stereocenters. The summed E-state index contributed by atoms with van der Waals surface area (Å²) >= 11 is 0. The minimum absolute atomic E-state index is 0.0899. The van der Waals surface area contributed by atoms with Crippen molar-refractivity contribution < 1.29 is 14.3 Å². The molecular weight excluding hydrogens is 446 g/mol. The molecule has 3 N–H and O–H groups in total. The van der Waals surface area contributed by atoms with Crippen LogP contribution in [0, 0.1) is 0 Å². The quantitative estimate of drug-likeness (QED) is 0.363. The topological polar surface area (TPSA) is 116 Å². The van der Waals surface area contributed by atoms with Gasteiger partial charge in [0.05, 0.1) is 36.8 Å². The fourth-order valence-electron chi connectivity index (χ4n) is 3.61. The van der Waals surface area contributed by atoms with Gasteiger partial charge in [-0.25, -0.2) is 4.98 Å². The number of nitrogens with one attached hydrogen (secondary N) is 3. The zero-order valence-electron chi connectivity index (χ0n) is 19.4. The van der Waals surface area contributed by atoms with Crippen LogP contribution < -0.4 is 20.9 Å². The van der Waals surface area contributed by atoms with E-state index in [2.05, 4.69) is 20.6 Å². The molecule has 0 radical (unpaired) electrons. The van der Waals surface area contributed by atoms with Crippen LogP contribution in [-0.2, 0) is 11.3 Å². The molecule has 178 valence electrons. The first-order valence-electron chi connectivity index (χ1n) is 10.9. The van der Waals surface area contributed by atoms with Crippen molar-refractivity contribution in [3.05, 3.63) is 94.5 Å². The number of hydrogen-bond acceptors (Lipinski definition) is 6. The molecule has 0 fully saturated rings. The number of amides is 2. The summed E-state index contributed by atoms with van der Waals surface area (Å²) in [7, 11) is 3.30. The number of rotatable bonds is 8. The van der Waals surface area contributed by atoms with Crippen LogP contribution in [0.2, 0.25) is 0 Å².